The van der Waals surface area contributed by atoms with Crippen LogP contribution in [0, 0.1) is 6.92 Å². The third-order valence-electron chi connectivity index (χ3n) is 2.34. The molecule has 0 amide bonds. The molecule has 0 atom stereocenters. The van der Waals surface area contributed by atoms with Crippen LogP contribution >= 0.6 is 0 Å². The minimum absolute atomic E-state index is 0.288. The minimum Gasteiger partial charge on any atom is -0.462 e. The number of aryl methyl sites for hydroxylation is 1. The molecule has 0 saturated heterocycles. The lowest BCUT2D eigenvalue weighted by atomic mass is 10.1. The van der Waals surface area contributed by atoms with Crippen LogP contribution in [-0.2, 0) is 4.74 Å². The maximum Gasteiger partial charge on any atom is 0.338 e. The molecule has 0 fully saturated rings. The first-order valence-electron chi connectivity index (χ1n) is 5.26. The van der Waals surface area contributed by atoms with Crippen molar-refractivity contribution in [1.29, 1.82) is 0 Å². The van der Waals surface area contributed by atoms with Gasteiger partial charge in [0, 0.05) is 11.1 Å². The van der Waals surface area contributed by atoms with E-state index in [1.807, 2.05) is 31.2 Å². The van der Waals surface area contributed by atoms with Gasteiger partial charge in [0.1, 0.15) is 0 Å². The number of pyridine rings is 1. The number of ether oxygens (including phenoxy) is 1. The van der Waals surface area contributed by atoms with Crippen LogP contribution in [-0.4, -0.2) is 17.6 Å². The molecule has 1 heterocycles. The molecular formula is C13H13NO2. The molecule has 0 unspecified atom stereocenters. The van der Waals surface area contributed by atoms with Crippen molar-refractivity contribution >= 4 is 16.9 Å². The van der Waals surface area contributed by atoms with Gasteiger partial charge < -0.3 is 4.74 Å². The summed E-state index contributed by atoms with van der Waals surface area (Å²) in [6, 6.07) is 9.34. The topological polar surface area (TPSA) is 39.2 Å². The number of nitrogens with zero attached hydrogens (tertiary/aromatic N) is 1. The Morgan fingerprint density at radius 1 is 1.38 bits per heavy atom. The van der Waals surface area contributed by atoms with E-state index >= 15 is 0 Å². The number of rotatable bonds is 2. The highest BCUT2D eigenvalue weighted by Gasteiger charge is 2.12. The van der Waals surface area contributed by atoms with E-state index in [9.17, 15) is 4.79 Å². The summed E-state index contributed by atoms with van der Waals surface area (Å²) in [6.45, 7) is 4.05. The number of carbonyl (C=O) groups is 1. The van der Waals surface area contributed by atoms with Gasteiger partial charge in [0.2, 0.25) is 0 Å². The fourth-order valence-corrected chi connectivity index (χ4v) is 1.69. The van der Waals surface area contributed by atoms with Crippen LogP contribution in [0.15, 0.2) is 30.3 Å². The van der Waals surface area contributed by atoms with Crippen molar-refractivity contribution in [2.45, 2.75) is 13.8 Å². The zero-order valence-corrected chi connectivity index (χ0v) is 9.36. The Kier molecular flexibility index (Phi) is 2.86. The number of esters is 1. The van der Waals surface area contributed by atoms with Crippen LogP contribution in [0.2, 0.25) is 0 Å². The summed E-state index contributed by atoms with van der Waals surface area (Å²) >= 11 is 0. The van der Waals surface area contributed by atoms with Gasteiger partial charge in [0.05, 0.1) is 17.7 Å². The summed E-state index contributed by atoms with van der Waals surface area (Å²) in [7, 11) is 0. The number of carbonyl (C=O) groups excluding carboxylic acids is 1. The maximum atomic E-state index is 11.8. The van der Waals surface area contributed by atoms with Crippen LogP contribution in [0.4, 0.5) is 0 Å². The molecule has 0 spiro atoms. The molecule has 2 aromatic rings. The first-order chi connectivity index (χ1) is 7.72. The van der Waals surface area contributed by atoms with Crippen LogP contribution in [0.5, 0.6) is 0 Å². The van der Waals surface area contributed by atoms with Gasteiger partial charge in [-0.3, -0.25) is 4.98 Å². The van der Waals surface area contributed by atoms with Gasteiger partial charge >= 0.3 is 5.97 Å². The first-order valence-corrected chi connectivity index (χ1v) is 5.26. The zero-order chi connectivity index (χ0) is 11.5. The zero-order valence-electron chi connectivity index (χ0n) is 9.36. The quantitative estimate of drug-likeness (QED) is 0.723. The summed E-state index contributed by atoms with van der Waals surface area (Å²) in [4.78, 5) is 16.1. The molecule has 0 saturated carbocycles. The van der Waals surface area contributed by atoms with Gasteiger partial charge in [0.25, 0.3) is 0 Å². The molecule has 2 rings (SSSR count). The molecule has 0 aliphatic heterocycles. The fraction of sp³-hybridized carbons (Fsp3) is 0.231. The van der Waals surface area contributed by atoms with Crippen molar-refractivity contribution in [3.63, 3.8) is 0 Å². The summed E-state index contributed by atoms with van der Waals surface area (Å²) in [5.41, 5.74) is 2.23. The van der Waals surface area contributed by atoms with Gasteiger partial charge in [-0.25, -0.2) is 4.79 Å². The van der Waals surface area contributed by atoms with Gasteiger partial charge in [-0.1, -0.05) is 18.2 Å². The average Bonchev–Trinajstić information content (AvgIpc) is 2.28. The maximum absolute atomic E-state index is 11.8. The van der Waals surface area contributed by atoms with Gasteiger partial charge in [-0.2, -0.15) is 0 Å². The Balaban J connectivity index is 2.63. The second kappa shape index (κ2) is 4.31. The lowest BCUT2D eigenvalue weighted by Gasteiger charge is -2.06. The van der Waals surface area contributed by atoms with Crippen LogP contribution in [0.25, 0.3) is 10.9 Å². The second-order valence-electron chi connectivity index (χ2n) is 3.55. The van der Waals surface area contributed by atoms with E-state index in [0.717, 1.165) is 16.6 Å². The van der Waals surface area contributed by atoms with Crippen LogP contribution in [0.1, 0.15) is 23.0 Å². The molecule has 82 valence electrons. The molecule has 0 N–H and O–H groups in total. The Morgan fingerprint density at radius 2 is 2.12 bits per heavy atom. The predicted octanol–water partition coefficient (Wildman–Crippen LogP) is 2.72. The molecule has 0 radical (unpaired) electrons. The molecule has 3 nitrogen and oxygen atoms in total. The largest absolute Gasteiger partial charge is 0.462 e. The molecule has 0 aliphatic rings. The van der Waals surface area contributed by atoms with Crippen molar-refractivity contribution in [3.05, 3.63) is 41.6 Å². The summed E-state index contributed by atoms with van der Waals surface area (Å²) < 4.78 is 5.02. The SMILES string of the molecule is CCOC(=O)c1cc(C)nc2ccccc12. The van der Waals surface area contributed by atoms with E-state index in [1.165, 1.54) is 0 Å². The van der Waals surface area contributed by atoms with Gasteiger partial charge in [-0.15, -0.1) is 0 Å². The number of benzene rings is 1. The third kappa shape index (κ3) is 1.89. The molecule has 3 heteroatoms. The first kappa shape index (κ1) is 10.6. The lowest BCUT2D eigenvalue weighted by molar-refractivity contribution is 0.0528. The molecule has 0 aliphatic carbocycles. The predicted molar refractivity (Wildman–Crippen MR) is 62.4 cm³/mol. The van der Waals surface area contributed by atoms with Crippen molar-refractivity contribution in [2.24, 2.45) is 0 Å². The van der Waals surface area contributed by atoms with Gasteiger partial charge in [0.15, 0.2) is 0 Å². The molecule has 1 aromatic carbocycles. The summed E-state index contributed by atoms with van der Waals surface area (Å²) in [5, 5.41) is 0.839. The molecular weight excluding hydrogens is 202 g/mol. The third-order valence-corrected chi connectivity index (χ3v) is 2.34. The smallest absolute Gasteiger partial charge is 0.338 e. The monoisotopic (exact) mass is 215 g/mol. The van der Waals surface area contributed by atoms with Gasteiger partial charge in [-0.05, 0) is 26.0 Å². The van der Waals surface area contributed by atoms with Crippen molar-refractivity contribution < 1.29 is 9.53 Å². The van der Waals surface area contributed by atoms with Crippen LogP contribution in [0.3, 0.4) is 0 Å². The average molecular weight is 215 g/mol. The molecule has 16 heavy (non-hydrogen) atoms. The number of hydrogen-bond acceptors (Lipinski definition) is 3. The van der Waals surface area contributed by atoms with Crippen molar-refractivity contribution in [1.82, 2.24) is 4.98 Å². The summed E-state index contributed by atoms with van der Waals surface area (Å²) in [5.74, 6) is -0.288. The normalized spacial score (nSPS) is 10.4. The molecule has 1 aromatic heterocycles. The Hall–Kier alpha value is -1.90. The van der Waals surface area contributed by atoms with E-state index in [2.05, 4.69) is 4.98 Å². The van der Waals surface area contributed by atoms with Crippen molar-refractivity contribution in [3.8, 4) is 0 Å². The number of aromatic nitrogens is 1. The standard InChI is InChI=1S/C13H13NO2/c1-3-16-13(15)11-8-9(2)14-12-7-5-4-6-10(11)12/h4-8H,3H2,1-2H3. The Labute approximate surface area is 94.1 Å². The highest BCUT2D eigenvalue weighted by molar-refractivity contribution is 6.03. The van der Waals surface area contributed by atoms with E-state index in [4.69, 9.17) is 4.74 Å². The van der Waals surface area contributed by atoms with E-state index < -0.39 is 0 Å². The highest BCUT2D eigenvalue weighted by Crippen LogP contribution is 2.18. The second-order valence-corrected chi connectivity index (χ2v) is 3.55. The van der Waals surface area contributed by atoms with Crippen molar-refractivity contribution in [2.75, 3.05) is 6.61 Å². The lowest BCUT2D eigenvalue weighted by Crippen LogP contribution is -2.06. The minimum atomic E-state index is -0.288. The Morgan fingerprint density at radius 3 is 2.88 bits per heavy atom. The number of hydrogen-bond donors (Lipinski definition) is 0. The fourth-order valence-electron chi connectivity index (χ4n) is 1.69. The summed E-state index contributed by atoms with van der Waals surface area (Å²) in [6.07, 6.45) is 0. The molecule has 0 bridgehead atoms. The highest BCUT2D eigenvalue weighted by atomic mass is 16.5. The number of para-hydroxylation sites is 1. The Bertz CT molecular complexity index is 534. The van der Waals surface area contributed by atoms with Crippen LogP contribution < -0.4 is 0 Å². The van der Waals surface area contributed by atoms with E-state index in [1.54, 1.807) is 13.0 Å². The number of fused-ring (bicyclic) bond motifs is 1. The van der Waals surface area contributed by atoms with E-state index in [0.29, 0.717) is 12.2 Å². The van der Waals surface area contributed by atoms with E-state index in [-0.39, 0.29) is 5.97 Å².